The van der Waals surface area contributed by atoms with Gasteiger partial charge in [-0.25, -0.2) is 0 Å². The zero-order chi connectivity index (χ0) is 13.7. The minimum absolute atomic E-state index is 0.0412. The van der Waals surface area contributed by atoms with Crippen LogP contribution in [0.3, 0.4) is 0 Å². The Morgan fingerprint density at radius 2 is 1.63 bits per heavy atom. The minimum atomic E-state index is -0.0412. The Bertz CT molecular complexity index is 377. The van der Waals surface area contributed by atoms with Gasteiger partial charge in [-0.1, -0.05) is 55.5 Å². The Morgan fingerprint density at radius 1 is 1.05 bits per heavy atom. The van der Waals surface area contributed by atoms with Gasteiger partial charge < -0.3 is 10.1 Å². The fourth-order valence-corrected chi connectivity index (χ4v) is 3.43. The van der Waals surface area contributed by atoms with Crippen LogP contribution in [0, 0.1) is 6.92 Å². The van der Waals surface area contributed by atoms with Crippen LogP contribution in [0.2, 0.25) is 0 Å². The first kappa shape index (κ1) is 14.5. The van der Waals surface area contributed by atoms with Crippen LogP contribution in [-0.2, 0) is 4.74 Å². The van der Waals surface area contributed by atoms with Gasteiger partial charge in [0.1, 0.15) is 0 Å². The van der Waals surface area contributed by atoms with Crippen molar-refractivity contribution in [1.29, 1.82) is 0 Å². The summed E-state index contributed by atoms with van der Waals surface area (Å²) in [7, 11) is 3.93. The van der Waals surface area contributed by atoms with Crippen molar-refractivity contribution in [3.8, 4) is 0 Å². The summed E-state index contributed by atoms with van der Waals surface area (Å²) in [6, 6.07) is 9.15. The second-order valence-corrected chi connectivity index (χ2v) is 5.82. The van der Waals surface area contributed by atoms with Crippen LogP contribution in [-0.4, -0.2) is 19.8 Å². The molecule has 0 aromatic heterocycles. The molecule has 0 aliphatic heterocycles. The van der Waals surface area contributed by atoms with E-state index in [-0.39, 0.29) is 11.6 Å². The molecule has 1 aliphatic carbocycles. The molecule has 1 atom stereocenters. The number of benzene rings is 1. The van der Waals surface area contributed by atoms with E-state index in [9.17, 15) is 0 Å². The van der Waals surface area contributed by atoms with Gasteiger partial charge in [0.25, 0.3) is 0 Å². The Kier molecular flexibility index (Phi) is 5.00. The van der Waals surface area contributed by atoms with Crippen molar-refractivity contribution in [3.05, 3.63) is 35.4 Å². The summed E-state index contributed by atoms with van der Waals surface area (Å²) < 4.78 is 6.03. The molecule has 0 spiro atoms. The molecule has 0 bridgehead atoms. The number of aryl methyl sites for hydroxylation is 1. The molecule has 1 fully saturated rings. The topological polar surface area (TPSA) is 21.3 Å². The van der Waals surface area contributed by atoms with E-state index in [4.69, 9.17) is 4.74 Å². The molecule has 1 N–H and O–H groups in total. The van der Waals surface area contributed by atoms with Crippen molar-refractivity contribution >= 4 is 0 Å². The summed E-state index contributed by atoms with van der Waals surface area (Å²) in [6.07, 6.45) is 7.55. The number of nitrogens with one attached hydrogen (secondary N) is 1. The molecule has 1 unspecified atom stereocenters. The SMILES string of the molecule is CNC(c1ccc(C)cc1)C1(OC)CCCCCC1. The molecule has 2 rings (SSSR count). The third kappa shape index (κ3) is 3.18. The standard InChI is InChI=1S/C17H27NO/c1-14-8-10-15(11-9-14)16(18-2)17(19-3)12-6-4-5-7-13-17/h8-11,16,18H,4-7,12-13H2,1-3H3. The molecule has 1 aromatic carbocycles. The van der Waals surface area contributed by atoms with E-state index >= 15 is 0 Å². The van der Waals surface area contributed by atoms with E-state index in [1.807, 2.05) is 7.11 Å². The number of likely N-dealkylation sites (N-methyl/N-ethyl adjacent to an activating group) is 1. The molecule has 106 valence electrons. The number of methoxy groups -OCH3 is 1. The van der Waals surface area contributed by atoms with E-state index in [1.165, 1.54) is 36.8 Å². The highest BCUT2D eigenvalue weighted by molar-refractivity contribution is 5.26. The van der Waals surface area contributed by atoms with Gasteiger partial charge in [-0.15, -0.1) is 0 Å². The third-order valence-corrected chi connectivity index (χ3v) is 4.58. The molecule has 1 aromatic rings. The van der Waals surface area contributed by atoms with Crippen LogP contribution in [0.1, 0.15) is 55.7 Å². The van der Waals surface area contributed by atoms with Gasteiger partial charge in [0, 0.05) is 7.11 Å². The average Bonchev–Trinajstić information content (AvgIpc) is 2.68. The number of rotatable bonds is 4. The number of hydrogen-bond donors (Lipinski definition) is 1. The molecule has 1 saturated carbocycles. The number of hydrogen-bond acceptors (Lipinski definition) is 2. The molecule has 2 nitrogen and oxygen atoms in total. The minimum Gasteiger partial charge on any atom is -0.376 e. The Balaban J connectivity index is 2.29. The van der Waals surface area contributed by atoms with Crippen molar-refractivity contribution in [1.82, 2.24) is 5.32 Å². The van der Waals surface area contributed by atoms with Crippen LogP contribution in [0.25, 0.3) is 0 Å². The van der Waals surface area contributed by atoms with Crippen LogP contribution in [0.5, 0.6) is 0 Å². The average molecular weight is 261 g/mol. The molecule has 0 radical (unpaired) electrons. The predicted molar refractivity (Wildman–Crippen MR) is 80.4 cm³/mol. The van der Waals surface area contributed by atoms with E-state index in [2.05, 4.69) is 43.6 Å². The van der Waals surface area contributed by atoms with E-state index in [0.29, 0.717) is 0 Å². The van der Waals surface area contributed by atoms with Gasteiger partial charge >= 0.3 is 0 Å². The molecule has 1 aliphatic rings. The lowest BCUT2D eigenvalue weighted by atomic mass is 9.82. The zero-order valence-electron chi connectivity index (χ0n) is 12.5. The van der Waals surface area contributed by atoms with Gasteiger partial charge in [0.15, 0.2) is 0 Å². The van der Waals surface area contributed by atoms with Crippen LogP contribution in [0.4, 0.5) is 0 Å². The van der Waals surface area contributed by atoms with Gasteiger partial charge in [-0.05, 0) is 32.4 Å². The van der Waals surface area contributed by atoms with Gasteiger partial charge in [0.2, 0.25) is 0 Å². The maximum absolute atomic E-state index is 6.03. The molecule has 19 heavy (non-hydrogen) atoms. The van der Waals surface area contributed by atoms with Crippen LogP contribution < -0.4 is 5.32 Å². The third-order valence-electron chi connectivity index (χ3n) is 4.58. The molecule has 0 heterocycles. The smallest absolute Gasteiger partial charge is 0.0872 e. The largest absolute Gasteiger partial charge is 0.376 e. The lowest BCUT2D eigenvalue weighted by Gasteiger charge is -2.39. The highest BCUT2D eigenvalue weighted by atomic mass is 16.5. The molecular weight excluding hydrogens is 234 g/mol. The van der Waals surface area contributed by atoms with Crippen molar-refractivity contribution in [2.24, 2.45) is 0 Å². The number of ether oxygens (including phenoxy) is 1. The van der Waals surface area contributed by atoms with Gasteiger partial charge in [-0.3, -0.25) is 0 Å². The molecule has 0 saturated heterocycles. The first-order chi connectivity index (χ1) is 9.22. The summed E-state index contributed by atoms with van der Waals surface area (Å²) in [5.41, 5.74) is 2.61. The van der Waals surface area contributed by atoms with Crippen molar-refractivity contribution in [2.75, 3.05) is 14.2 Å². The highest BCUT2D eigenvalue weighted by Gasteiger charge is 2.39. The second kappa shape index (κ2) is 6.53. The fourth-order valence-electron chi connectivity index (χ4n) is 3.43. The first-order valence-electron chi connectivity index (χ1n) is 7.51. The maximum Gasteiger partial charge on any atom is 0.0872 e. The molecular formula is C17H27NO. The van der Waals surface area contributed by atoms with Gasteiger partial charge in [-0.2, -0.15) is 0 Å². The summed E-state index contributed by atoms with van der Waals surface area (Å²) in [4.78, 5) is 0. The Labute approximate surface area is 117 Å². The van der Waals surface area contributed by atoms with Gasteiger partial charge in [0.05, 0.1) is 11.6 Å². The summed E-state index contributed by atoms with van der Waals surface area (Å²) in [6.45, 7) is 2.13. The van der Waals surface area contributed by atoms with Crippen molar-refractivity contribution in [2.45, 2.75) is 57.1 Å². The Hall–Kier alpha value is -0.860. The summed E-state index contributed by atoms with van der Waals surface area (Å²) in [5.74, 6) is 0. The van der Waals surface area contributed by atoms with E-state index in [1.54, 1.807) is 0 Å². The lowest BCUT2D eigenvalue weighted by Crippen LogP contribution is -2.44. The zero-order valence-corrected chi connectivity index (χ0v) is 12.5. The molecule has 2 heteroatoms. The first-order valence-corrected chi connectivity index (χ1v) is 7.51. The van der Waals surface area contributed by atoms with Crippen molar-refractivity contribution in [3.63, 3.8) is 0 Å². The van der Waals surface area contributed by atoms with Crippen molar-refractivity contribution < 1.29 is 4.74 Å². The molecule has 0 amide bonds. The Morgan fingerprint density at radius 3 is 2.11 bits per heavy atom. The maximum atomic E-state index is 6.03. The summed E-state index contributed by atoms with van der Waals surface area (Å²) in [5, 5.41) is 3.50. The van der Waals surface area contributed by atoms with Crippen LogP contribution >= 0.6 is 0 Å². The van der Waals surface area contributed by atoms with E-state index in [0.717, 1.165) is 12.8 Å². The van der Waals surface area contributed by atoms with E-state index < -0.39 is 0 Å². The lowest BCUT2D eigenvalue weighted by molar-refractivity contribution is -0.0522. The monoisotopic (exact) mass is 261 g/mol. The quantitative estimate of drug-likeness (QED) is 0.827. The second-order valence-electron chi connectivity index (χ2n) is 5.82. The predicted octanol–water partition coefficient (Wildman–Crippen LogP) is 3.99. The normalized spacial score (nSPS) is 20.8. The fraction of sp³-hybridized carbons (Fsp3) is 0.647. The van der Waals surface area contributed by atoms with Crippen LogP contribution in [0.15, 0.2) is 24.3 Å². The highest BCUT2D eigenvalue weighted by Crippen LogP contribution is 2.40. The summed E-state index contributed by atoms with van der Waals surface area (Å²) >= 11 is 0.